The lowest BCUT2D eigenvalue weighted by molar-refractivity contribution is 0.679. The van der Waals surface area contributed by atoms with Crippen LogP contribution in [0, 0.1) is 6.92 Å². The molecule has 2 aromatic heterocycles. The fourth-order valence-corrected chi connectivity index (χ4v) is 1.33. The number of rotatable bonds is 2. The third-order valence-corrected chi connectivity index (χ3v) is 1.96. The van der Waals surface area contributed by atoms with Crippen molar-refractivity contribution in [3.63, 3.8) is 0 Å². The molecule has 0 aromatic carbocycles. The quantitative estimate of drug-likeness (QED) is 0.770. The number of pyridine rings is 1. The maximum Gasteiger partial charge on any atom is 0.123 e. The molecule has 0 saturated carbocycles. The number of hydrogen-bond donors (Lipinski definition) is 1. The van der Waals surface area contributed by atoms with Gasteiger partial charge < -0.3 is 5.73 Å². The second-order valence-electron chi connectivity index (χ2n) is 3.24. The van der Waals surface area contributed by atoms with E-state index in [2.05, 4.69) is 10.1 Å². The zero-order valence-corrected chi connectivity index (χ0v) is 8.01. The number of nitrogens with zero attached hydrogens (tertiary/aromatic N) is 3. The Morgan fingerprint density at radius 2 is 2.29 bits per heavy atom. The van der Waals surface area contributed by atoms with E-state index >= 15 is 0 Å². The summed E-state index contributed by atoms with van der Waals surface area (Å²) >= 11 is 0. The molecule has 2 aromatic rings. The van der Waals surface area contributed by atoms with Crippen molar-refractivity contribution in [2.24, 2.45) is 0 Å². The summed E-state index contributed by atoms with van der Waals surface area (Å²) in [5.74, 6) is 0.548. The van der Waals surface area contributed by atoms with Crippen LogP contribution in [0.4, 0.5) is 5.82 Å². The number of nitrogens with two attached hydrogens (primary N) is 1. The number of anilines is 1. The maximum absolute atomic E-state index is 5.58. The van der Waals surface area contributed by atoms with Gasteiger partial charge in [-0.15, -0.1) is 0 Å². The van der Waals surface area contributed by atoms with Crippen molar-refractivity contribution >= 4 is 5.82 Å². The topological polar surface area (TPSA) is 56.7 Å². The van der Waals surface area contributed by atoms with Gasteiger partial charge in [0.1, 0.15) is 5.82 Å². The third kappa shape index (κ3) is 1.90. The molecule has 72 valence electrons. The minimum absolute atomic E-state index is 0.548. The third-order valence-electron chi connectivity index (χ3n) is 1.96. The predicted octanol–water partition coefficient (Wildman–Crippen LogP) is 1.22. The lowest BCUT2D eigenvalue weighted by Crippen LogP contribution is -2.01. The molecule has 0 aliphatic carbocycles. The monoisotopic (exact) mass is 188 g/mol. The van der Waals surface area contributed by atoms with Crippen LogP contribution in [0.25, 0.3) is 0 Å². The second kappa shape index (κ2) is 3.49. The van der Waals surface area contributed by atoms with Crippen LogP contribution >= 0.6 is 0 Å². The molecule has 0 spiro atoms. The summed E-state index contributed by atoms with van der Waals surface area (Å²) in [6.07, 6.45) is 3.66. The van der Waals surface area contributed by atoms with Gasteiger partial charge in [-0.1, -0.05) is 0 Å². The Hall–Kier alpha value is -1.84. The highest BCUT2D eigenvalue weighted by atomic mass is 15.3. The van der Waals surface area contributed by atoms with Crippen LogP contribution in [0.3, 0.4) is 0 Å². The predicted molar refractivity (Wildman–Crippen MR) is 54.7 cm³/mol. The Labute approximate surface area is 82.4 Å². The van der Waals surface area contributed by atoms with Crippen molar-refractivity contribution in [2.75, 3.05) is 5.73 Å². The maximum atomic E-state index is 5.58. The smallest absolute Gasteiger partial charge is 0.123 e. The average molecular weight is 188 g/mol. The van der Waals surface area contributed by atoms with Crippen LogP contribution in [-0.4, -0.2) is 14.8 Å². The largest absolute Gasteiger partial charge is 0.384 e. The van der Waals surface area contributed by atoms with Crippen molar-refractivity contribution in [2.45, 2.75) is 13.5 Å². The van der Waals surface area contributed by atoms with E-state index in [9.17, 15) is 0 Å². The van der Waals surface area contributed by atoms with Crippen LogP contribution in [0.5, 0.6) is 0 Å². The van der Waals surface area contributed by atoms with Gasteiger partial charge in [0, 0.05) is 12.4 Å². The molecule has 14 heavy (non-hydrogen) atoms. The Morgan fingerprint density at radius 1 is 1.43 bits per heavy atom. The van der Waals surface area contributed by atoms with Crippen molar-refractivity contribution in [1.82, 2.24) is 14.8 Å². The van der Waals surface area contributed by atoms with Gasteiger partial charge in [0.2, 0.25) is 0 Å². The van der Waals surface area contributed by atoms with E-state index in [1.54, 1.807) is 6.20 Å². The molecule has 2 N–H and O–H groups in total. The molecule has 4 heteroatoms. The van der Waals surface area contributed by atoms with E-state index in [-0.39, 0.29) is 0 Å². The summed E-state index contributed by atoms with van der Waals surface area (Å²) in [6, 6.07) is 5.77. The summed E-state index contributed by atoms with van der Waals surface area (Å²) in [7, 11) is 0. The Kier molecular flexibility index (Phi) is 2.18. The van der Waals surface area contributed by atoms with E-state index in [0.29, 0.717) is 5.82 Å². The van der Waals surface area contributed by atoms with E-state index in [1.807, 2.05) is 36.0 Å². The van der Waals surface area contributed by atoms with Gasteiger partial charge in [0.25, 0.3) is 0 Å². The minimum Gasteiger partial charge on any atom is -0.384 e. The molecule has 0 radical (unpaired) electrons. The summed E-state index contributed by atoms with van der Waals surface area (Å²) < 4.78 is 1.88. The molecule has 0 fully saturated rings. The number of aryl methyl sites for hydroxylation is 1. The highest BCUT2D eigenvalue weighted by molar-refractivity contribution is 5.31. The van der Waals surface area contributed by atoms with Crippen molar-refractivity contribution < 1.29 is 0 Å². The molecule has 2 heterocycles. The highest BCUT2D eigenvalue weighted by Gasteiger charge is 1.97. The lowest BCUT2D eigenvalue weighted by Gasteiger charge is -2.01. The highest BCUT2D eigenvalue weighted by Crippen LogP contribution is 2.05. The normalized spacial score (nSPS) is 10.4. The van der Waals surface area contributed by atoms with Gasteiger partial charge in [-0.25, -0.2) is 4.98 Å². The molecule has 2 rings (SSSR count). The minimum atomic E-state index is 0.548. The Balaban J connectivity index is 2.18. The van der Waals surface area contributed by atoms with Gasteiger partial charge in [0.15, 0.2) is 0 Å². The molecule has 4 nitrogen and oxygen atoms in total. The summed E-state index contributed by atoms with van der Waals surface area (Å²) in [5, 5.41) is 4.29. The summed E-state index contributed by atoms with van der Waals surface area (Å²) in [4.78, 5) is 3.93. The van der Waals surface area contributed by atoms with E-state index < -0.39 is 0 Å². The van der Waals surface area contributed by atoms with Gasteiger partial charge >= 0.3 is 0 Å². The van der Waals surface area contributed by atoms with Crippen LogP contribution < -0.4 is 5.73 Å². The van der Waals surface area contributed by atoms with E-state index in [1.165, 1.54) is 0 Å². The van der Waals surface area contributed by atoms with Crippen molar-refractivity contribution in [3.8, 4) is 0 Å². The van der Waals surface area contributed by atoms with Gasteiger partial charge in [-0.05, 0) is 30.7 Å². The zero-order chi connectivity index (χ0) is 9.97. The van der Waals surface area contributed by atoms with Crippen LogP contribution in [0.15, 0.2) is 30.6 Å². The Morgan fingerprint density at radius 3 is 2.93 bits per heavy atom. The molecular formula is C10H12N4. The summed E-state index contributed by atoms with van der Waals surface area (Å²) in [6.45, 7) is 2.71. The molecular weight excluding hydrogens is 176 g/mol. The number of nitrogen functional groups attached to an aromatic ring is 1. The first-order valence-corrected chi connectivity index (χ1v) is 4.44. The van der Waals surface area contributed by atoms with Crippen LogP contribution in [0.2, 0.25) is 0 Å². The molecule has 0 unspecified atom stereocenters. The van der Waals surface area contributed by atoms with E-state index in [0.717, 1.165) is 17.8 Å². The van der Waals surface area contributed by atoms with Crippen LogP contribution in [-0.2, 0) is 6.54 Å². The first kappa shape index (κ1) is 8.74. The van der Waals surface area contributed by atoms with Gasteiger partial charge in [0.05, 0.1) is 12.2 Å². The second-order valence-corrected chi connectivity index (χ2v) is 3.24. The number of hydrogen-bond acceptors (Lipinski definition) is 3. The van der Waals surface area contributed by atoms with E-state index in [4.69, 9.17) is 5.73 Å². The average Bonchev–Trinajstić information content (AvgIpc) is 2.51. The Bertz CT molecular complexity index is 433. The first-order chi connectivity index (χ1) is 6.74. The fourth-order valence-electron chi connectivity index (χ4n) is 1.33. The molecule has 0 aliphatic heterocycles. The zero-order valence-electron chi connectivity index (χ0n) is 8.01. The van der Waals surface area contributed by atoms with Crippen molar-refractivity contribution in [3.05, 3.63) is 41.9 Å². The lowest BCUT2D eigenvalue weighted by atomic mass is 10.2. The standard InChI is InChI=1S/C10H12N4/c1-8-3-5-14(13-8)7-9-2-4-12-10(11)6-9/h2-6H,7H2,1H3,(H2,11,12). The first-order valence-electron chi connectivity index (χ1n) is 4.44. The fraction of sp³-hybridized carbons (Fsp3) is 0.200. The van der Waals surface area contributed by atoms with Crippen molar-refractivity contribution in [1.29, 1.82) is 0 Å². The van der Waals surface area contributed by atoms with Gasteiger partial charge in [-0.2, -0.15) is 5.10 Å². The summed E-state index contributed by atoms with van der Waals surface area (Å²) in [5.41, 5.74) is 7.71. The molecule has 0 saturated heterocycles. The van der Waals surface area contributed by atoms with Crippen LogP contribution in [0.1, 0.15) is 11.3 Å². The molecule has 0 atom stereocenters. The number of aromatic nitrogens is 3. The van der Waals surface area contributed by atoms with Gasteiger partial charge in [-0.3, -0.25) is 4.68 Å². The molecule has 0 amide bonds. The molecule has 0 bridgehead atoms. The molecule has 0 aliphatic rings. The SMILES string of the molecule is Cc1ccn(Cc2ccnc(N)c2)n1.